The fourth-order valence-electron chi connectivity index (χ4n) is 3.67. The summed E-state index contributed by atoms with van der Waals surface area (Å²) in [5, 5.41) is 7.23. The molecule has 6 nitrogen and oxygen atoms in total. The van der Waals surface area contributed by atoms with Crippen molar-refractivity contribution in [2.75, 3.05) is 12.4 Å². The lowest BCUT2D eigenvalue weighted by molar-refractivity contribution is 0.102. The number of halogens is 1. The Kier molecular flexibility index (Phi) is 6.27. The van der Waals surface area contributed by atoms with Gasteiger partial charge in [0.1, 0.15) is 23.1 Å². The Balaban J connectivity index is 2.00. The third kappa shape index (κ3) is 4.32. The van der Waals surface area contributed by atoms with Gasteiger partial charge in [-0.3, -0.25) is 9.59 Å². The number of methoxy groups -OCH3 is 1. The van der Waals surface area contributed by atoms with E-state index in [0.717, 1.165) is 11.1 Å². The molecule has 0 aliphatic rings. The van der Waals surface area contributed by atoms with Crippen LogP contribution in [0.25, 0.3) is 16.8 Å². The molecule has 0 fully saturated rings. The highest BCUT2D eigenvalue weighted by Crippen LogP contribution is 2.30. The van der Waals surface area contributed by atoms with Crippen LogP contribution in [0.3, 0.4) is 0 Å². The van der Waals surface area contributed by atoms with Gasteiger partial charge in [0.15, 0.2) is 0 Å². The molecule has 1 amide bonds. The molecule has 1 heterocycles. The van der Waals surface area contributed by atoms with E-state index < -0.39 is 11.7 Å². The van der Waals surface area contributed by atoms with Crippen molar-refractivity contribution in [1.29, 1.82) is 0 Å². The monoisotopic (exact) mass is 457 g/mol. The maximum atomic E-state index is 14.4. The molecule has 7 heteroatoms. The first kappa shape index (κ1) is 22.9. The van der Waals surface area contributed by atoms with E-state index in [9.17, 15) is 14.0 Å². The van der Waals surface area contributed by atoms with Gasteiger partial charge in [-0.25, -0.2) is 9.07 Å². The lowest BCUT2D eigenvalue weighted by Gasteiger charge is -2.19. The number of aromatic nitrogens is 2. The molecular weight excluding hydrogens is 433 g/mol. The molecule has 0 spiro atoms. The molecule has 0 saturated heterocycles. The second-order valence-electron chi connectivity index (χ2n) is 7.98. The van der Waals surface area contributed by atoms with E-state index in [1.165, 1.54) is 30.0 Å². The molecule has 34 heavy (non-hydrogen) atoms. The van der Waals surface area contributed by atoms with Gasteiger partial charge >= 0.3 is 0 Å². The van der Waals surface area contributed by atoms with Crippen molar-refractivity contribution in [3.63, 3.8) is 0 Å². The van der Waals surface area contributed by atoms with Crippen molar-refractivity contribution < 1.29 is 13.9 Å². The van der Waals surface area contributed by atoms with E-state index in [0.29, 0.717) is 17.0 Å². The van der Waals surface area contributed by atoms with Crippen LogP contribution in [-0.4, -0.2) is 22.8 Å². The largest absolute Gasteiger partial charge is 0.497 e. The Labute approximate surface area is 196 Å². The third-order valence-electron chi connectivity index (χ3n) is 5.70. The standard InChI is InChI=1S/C27H24FN3O3/c1-16-12-13-20(14-17(16)2)31-26(29-27(33)22-10-5-6-11-23(22)28)24(25(32)18(3)30-31)19-8-7-9-21(15-19)34-4/h5-15H,1-4H3,(H,29,33). The molecule has 0 aliphatic carbocycles. The van der Waals surface area contributed by atoms with Gasteiger partial charge in [0, 0.05) is 0 Å². The zero-order chi connectivity index (χ0) is 24.4. The van der Waals surface area contributed by atoms with E-state index >= 15 is 0 Å². The van der Waals surface area contributed by atoms with Crippen molar-refractivity contribution in [3.05, 3.63) is 105 Å². The smallest absolute Gasteiger partial charge is 0.259 e. The van der Waals surface area contributed by atoms with Gasteiger partial charge in [-0.1, -0.05) is 30.3 Å². The van der Waals surface area contributed by atoms with Crippen molar-refractivity contribution in [2.24, 2.45) is 0 Å². The van der Waals surface area contributed by atoms with Crippen LogP contribution < -0.4 is 15.5 Å². The normalized spacial score (nSPS) is 10.7. The first-order chi connectivity index (χ1) is 16.3. The zero-order valence-corrected chi connectivity index (χ0v) is 19.3. The number of hydrogen-bond acceptors (Lipinski definition) is 4. The Bertz CT molecular complexity index is 1460. The van der Waals surface area contributed by atoms with E-state index in [2.05, 4.69) is 10.4 Å². The van der Waals surface area contributed by atoms with Crippen LogP contribution in [0.4, 0.5) is 10.2 Å². The molecule has 1 N–H and O–H groups in total. The van der Waals surface area contributed by atoms with Crippen LogP contribution >= 0.6 is 0 Å². The van der Waals surface area contributed by atoms with E-state index in [1.807, 2.05) is 32.0 Å². The number of aryl methyl sites for hydroxylation is 3. The number of nitrogens with zero attached hydrogens (tertiary/aromatic N) is 2. The number of hydrogen-bond donors (Lipinski definition) is 1. The van der Waals surface area contributed by atoms with E-state index in [4.69, 9.17) is 4.74 Å². The molecule has 1 aromatic heterocycles. The lowest BCUT2D eigenvalue weighted by atomic mass is 10.0. The lowest BCUT2D eigenvalue weighted by Crippen LogP contribution is -2.25. The number of carbonyl (C=O) groups excluding carboxylic acids is 1. The Morgan fingerprint density at radius 1 is 0.971 bits per heavy atom. The molecule has 0 saturated carbocycles. The maximum absolute atomic E-state index is 14.4. The Morgan fingerprint density at radius 3 is 2.44 bits per heavy atom. The summed E-state index contributed by atoms with van der Waals surface area (Å²) in [6.07, 6.45) is 0. The average Bonchev–Trinajstić information content (AvgIpc) is 2.83. The molecule has 0 radical (unpaired) electrons. The van der Waals surface area contributed by atoms with Crippen LogP contribution in [-0.2, 0) is 0 Å². The van der Waals surface area contributed by atoms with E-state index in [1.54, 1.807) is 37.3 Å². The number of rotatable bonds is 5. The predicted molar refractivity (Wildman–Crippen MR) is 130 cm³/mol. The first-order valence-corrected chi connectivity index (χ1v) is 10.7. The predicted octanol–water partition coefficient (Wildman–Crippen LogP) is 5.22. The second kappa shape index (κ2) is 9.31. The highest BCUT2D eigenvalue weighted by atomic mass is 19.1. The zero-order valence-electron chi connectivity index (χ0n) is 19.3. The number of ether oxygens (including phenoxy) is 1. The molecule has 0 aliphatic heterocycles. The van der Waals surface area contributed by atoms with Crippen LogP contribution in [0.15, 0.2) is 71.5 Å². The van der Waals surface area contributed by atoms with Crippen molar-refractivity contribution >= 4 is 11.7 Å². The van der Waals surface area contributed by atoms with Crippen molar-refractivity contribution in [2.45, 2.75) is 20.8 Å². The van der Waals surface area contributed by atoms with Gasteiger partial charge < -0.3 is 10.1 Å². The Morgan fingerprint density at radius 2 is 1.74 bits per heavy atom. The summed E-state index contributed by atoms with van der Waals surface area (Å²) in [4.78, 5) is 26.5. The van der Waals surface area contributed by atoms with Gasteiger partial charge in [0.05, 0.1) is 23.9 Å². The van der Waals surface area contributed by atoms with Crippen LogP contribution in [0, 0.1) is 26.6 Å². The number of anilines is 1. The summed E-state index contributed by atoms with van der Waals surface area (Å²) in [5.41, 5.74) is 3.29. The minimum absolute atomic E-state index is 0.139. The highest BCUT2D eigenvalue weighted by molar-refractivity contribution is 6.06. The first-order valence-electron chi connectivity index (χ1n) is 10.7. The number of nitrogens with one attached hydrogen (secondary N) is 1. The van der Waals surface area contributed by atoms with Crippen molar-refractivity contribution in [1.82, 2.24) is 9.78 Å². The fraction of sp³-hybridized carbons (Fsp3) is 0.148. The third-order valence-corrected chi connectivity index (χ3v) is 5.70. The highest BCUT2D eigenvalue weighted by Gasteiger charge is 2.22. The molecule has 172 valence electrons. The second-order valence-corrected chi connectivity index (χ2v) is 7.98. The topological polar surface area (TPSA) is 73.2 Å². The molecule has 3 aromatic carbocycles. The molecule has 0 unspecified atom stereocenters. The molecular formula is C27H24FN3O3. The maximum Gasteiger partial charge on any atom is 0.259 e. The molecule has 4 aromatic rings. The number of benzene rings is 3. The number of carbonyl (C=O) groups is 1. The van der Waals surface area contributed by atoms with Gasteiger partial charge in [0.25, 0.3) is 5.91 Å². The van der Waals surface area contributed by atoms with Gasteiger partial charge in [-0.15, -0.1) is 0 Å². The number of amides is 1. The minimum Gasteiger partial charge on any atom is -0.497 e. The molecule has 0 bridgehead atoms. The SMILES string of the molecule is COc1cccc(-c2c(NC(=O)c3ccccc3F)n(-c3ccc(C)c(C)c3)nc(C)c2=O)c1. The summed E-state index contributed by atoms with van der Waals surface area (Å²) in [5.74, 6) is -0.663. The van der Waals surface area contributed by atoms with E-state index in [-0.39, 0.29) is 28.1 Å². The minimum atomic E-state index is -0.690. The van der Waals surface area contributed by atoms with Gasteiger partial charge in [0.2, 0.25) is 5.43 Å². The fourth-order valence-corrected chi connectivity index (χ4v) is 3.67. The van der Waals surface area contributed by atoms with Crippen LogP contribution in [0.2, 0.25) is 0 Å². The summed E-state index contributed by atoms with van der Waals surface area (Å²) < 4.78 is 21.2. The van der Waals surface area contributed by atoms with Gasteiger partial charge in [-0.2, -0.15) is 5.10 Å². The molecule has 4 rings (SSSR count). The average molecular weight is 458 g/mol. The Hall–Kier alpha value is -4.26. The summed E-state index contributed by atoms with van der Waals surface area (Å²) in [6, 6.07) is 18.4. The summed E-state index contributed by atoms with van der Waals surface area (Å²) in [6.45, 7) is 5.58. The summed E-state index contributed by atoms with van der Waals surface area (Å²) in [7, 11) is 1.53. The van der Waals surface area contributed by atoms with Crippen LogP contribution in [0.5, 0.6) is 5.75 Å². The summed E-state index contributed by atoms with van der Waals surface area (Å²) >= 11 is 0. The van der Waals surface area contributed by atoms with Gasteiger partial charge in [-0.05, 0) is 73.9 Å². The van der Waals surface area contributed by atoms with Crippen molar-refractivity contribution in [3.8, 4) is 22.6 Å². The molecule has 0 atom stereocenters. The van der Waals surface area contributed by atoms with Crippen LogP contribution in [0.1, 0.15) is 27.2 Å². The quantitative estimate of drug-likeness (QED) is 0.446.